The number of hydrogen-bond donors (Lipinski definition) is 1. The zero-order valence-corrected chi connectivity index (χ0v) is 23.6. The van der Waals surface area contributed by atoms with Gasteiger partial charge in [0.2, 0.25) is 0 Å². The van der Waals surface area contributed by atoms with Crippen LogP contribution in [0.3, 0.4) is 0 Å². The lowest BCUT2D eigenvalue weighted by Gasteiger charge is -2.32. The normalized spacial score (nSPS) is 13.9. The maximum Gasteiger partial charge on any atom is 0.407 e. The van der Waals surface area contributed by atoms with Gasteiger partial charge in [-0.25, -0.2) is 9.59 Å². The zero-order chi connectivity index (χ0) is 28.8. The van der Waals surface area contributed by atoms with Crippen molar-refractivity contribution in [3.8, 4) is 11.1 Å². The molecule has 4 aromatic carbocycles. The lowest BCUT2D eigenvalue weighted by molar-refractivity contribution is -0.156. The third kappa shape index (κ3) is 6.84. The van der Waals surface area contributed by atoms with Gasteiger partial charge in [-0.3, -0.25) is 0 Å². The largest absolute Gasteiger partial charge is 0.459 e. The summed E-state index contributed by atoms with van der Waals surface area (Å²) in [5.74, 6) is -0.715. The summed E-state index contributed by atoms with van der Waals surface area (Å²) in [5.41, 5.74) is 5.47. The van der Waals surface area contributed by atoms with Crippen molar-refractivity contribution in [2.75, 3.05) is 6.61 Å². The molecule has 0 spiro atoms. The monoisotopic (exact) mass is 549 g/mol. The predicted molar refractivity (Wildman–Crippen MR) is 158 cm³/mol. The van der Waals surface area contributed by atoms with Crippen LogP contribution in [0.2, 0.25) is 0 Å². The highest BCUT2D eigenvalue weighted by atomic mass is 16.6. The van der Waals surface area contributed by atoms with E-state index in [-0.39, 0.29) is 19.1 Å². The SMILES string of the molecule is CC(C)(C)O[C@H](c1ccccc1)C(NC(=O)OCC1c2ccccc2-c2ccccc21)C(=O)OCc1ccccc1. The molecular formula is C35H35NO5. The minimum absolute atomic E-state index is 0.0690. The van der Waals surface area contributed by atoms with Gasteiger partial charge in [-0.05, 0) is 54.2 Å². The molecule has 6 nitrogen and oxygen atoms in total. The van der Waals surface area contributed by atoms with Crippen LogP contribution in [0.4, 0.5) is 4.79 Å². The Morgan fingerprint density at radius 3 is 1.85 bits per heavy atom. The number of amides is 1. The summed E-state index contributed by atoms with van der Waals surface area (Å²) in [7, 11) is 0. The summed E-state index contributed by atoms with van der Waals surface area (Å²) in [6, 6.07) is 33.9. The number of benzene rings is 4. The molecule has 5 rings (SSSR count). The van der Waals surface area contributed by atoms with Crippen LogP contribution in [-0.4, -0.2) is 30.3 Å². The van der Waals surface area contributed by atoms with Crippen LogP contribution >= 0.6 is 0 Å². The molecule has 0 saturated carbocycles. The second kappa shape index (κ2) is 12.4. The molecule has 0 aromatic heterocycles. The fourth-order valence-corrected chi connectivity index (χ4v) is 5.20. The van der Waals surface area contributed by atoms with E-state index in [4.69, 9.17) is 14.2 Å². The molecule has 0 aliphatic heterocycles. The van der Waals surface area contributed by atoms with Gasteiger partial charge in [0.25, 0.3) is 0 Å². The van der Waals surface area contributed by atoms with Crippen LogP contribution in [0.25, 0.3) is 11.1 Å². The van der Waals surface area contributed by atoms with E-state index in [9.17, 15) is 9.59 Å². The molecule has 1 aliphatic carbocycles. The summed E-state index contributed by atoms with van der Waals surface area (Å²) in [5, 5.41) is 2.79. The average molecular weight is 550 g/mol. The highest BCUT2D eigenvalue weighted by Gasteiger charge is 2.37. The van der Waals surface area contributed by atoms with E-state index >= 15 is 0 Å². The zero-order valence-electron chi connectivity index (χ0n) is 23.6. The Hall–Kier alpha value is -4.42. The first-order valence-electron chi connectivity index (χ1n) is 13.8. The van der Waals surface area contributed by atoms with Crippen molar-refractivity contribution in [2.24, 2.45) is 0 Å². The van der Waals surface area contributed by atoms with E-state index in [2.05, 4.69) is 29.6 Å². The molecule has 1 amide bonds. The van der Waals surface area contributed by atoms with Crippen molar-refractivity contribution in [1.29, 1.82) is 0 Å². The van der Waals surface area contributed by atoms with Crippen molar-refractivity contribution in [1.82, 2.24) is 5.32 Å². The van der Waals surface area contributed by atoms with Crippen LogP contribution < -0.4 is 5.32 Å². The molecule has 0 radical (unpaired) electrons. The molecular weight excluding hydrogens is 514 g/mol. The Kier molecular flexibility index (Phi) is 8.50. The van der Waals surface area contributed by atoms with Gasteiger partial charge in [0.1, 0.15) is 19.3 Å². The first-order valence-corrected chi connectivity index (χ1v) is 13.8. The summed E-state index contributed by atoms with van der Waals surface area (Å²) < 4.78 is 17.8. The summed E-state index contributed by atoms with van der Waals surface area (Å²) in [6.45, 7) is 5.91. The third-order valence-electron chi connectivity index (χ3n) is 7.01. The molecule has 0 fully saturated rings. The Labute approximate surface area is 241 Å². The van der Waals surface area contributed by atoms with E-state index in [1.54, 1.807) is 0 Å². The lowest BCUT2D eigenvalue weighted by atomic mass is 9.98. The molecule has 0 saturated heterocycles. The Morgan fingerprint density at radius 2 is 1.27 bits per heavy atom. The minimum atomic E-state index is -1.14. The van der Waals surface area contributed by atoms with E-state index < -0.39 is 29.8 Å². The van der Waals surface area contributed by atoms with Crippen molar-refractivity contribution in [3.63, 3.8) is 0 Å². The molecule has 0 heterocycles. The van der Waals surface area contributed by atoms with E-state index in [0.717, 1.165) is 33.4 Å². The van der Waals surface area contributed by atoms with E-state index in [1.165, 1.54) is 0 Å². The Morgan fingerprint density at radius 1 is 0.732 bits per heavy atom. The fraction of sp³-hybridized carbons (Fsp3) is 0.257. The molecule has 6 heteroatoms. The van der Waals surface area contributed by atoms with E-state index in [0.29, 0.717) is 0 Å². The number of carbonyl (C=O) groups excluding carboxylic acids is 2. The van der Waals surface area contributed by atoms with Crippen molar-refractivity contribution >= 4 is 12.1 Å². The maximum atomic E-state index is 13.6. The molecule has 4 aromatic rings. The lowest BCUT2D eigenvalue weighted by Crippen LogP contribution is -2.48. The van der Waals surface area contributed by atoms with Crippen molar-refractivity contribution < 1.29 is 23.8 Å². The molecule has 1 aliphatic rings. The van der Waals surface area contributed by atoms with Gasteiger partial charge in [-0.2, -0.15) is 0 Å². The van der Waals surface area contributed by atoms with Gasteiger partial charge in [-0.1, -0.05) is 109 Å². The summed E-state index contributed by atoms with van der Waals surface area (Å²) in [4.78, 5) is 26.9. The maximum absolute atomic E-state index is 13.6. The number of rotatable bonds is 9. The van der Waals surface area contributed by atoms with Gasteiger partial charge < -0.3 is 19.5 Å². The van der Waals surface area contributed by atoms with Gasteiger partial charge in [0, 0.05) is 5.92 Å². The predicted octanol–water partition coefficient (Wildman–Crippen LogP) is 7.19. The van der Waals surface area contributed by atoms with Gasteiger partial charge >= 0.3 is 12.1 Å². The molecule has 1 unspecified atom stereocenters. The average Bonchev–Trinajstić information content (AvgIpc) is 3.30. The molecule has 0 bridgehead atoms. The van der Waals surface area contributed by atoms with Gasteiger partial charge in [0.15, 0.2) is 6.04 Å². The Balaban J connectivity index is 1.36. The Bertz CT molecular complexity index is 1430. The standard InChI is InChI=1S/C35H35NO5/c1-35(2,3)41-32(25-16-8-5-9-17-25)31(33(37)39-22-24-14-6-4-7-15-24)36-34(38)40-23-30-28-20-12-10-18-26(28)27-19-11-13-21-29(27)30/h4-21,30-32H,22-23H2,1-3H3,(H,36,38)/t31?,32-/m1/s1. The van der Waals surface area contributed by atoms with Crippen LogP contribution in [0, 0.1) is 0 Å². The van der Waals surface area contributed by atoms with Crippen molar-refractivity contribution in [2.45, 2.75) is 51.0 Å². The number of hydrogen-bond acceptors (Lipinski definition) is 5. The van der Waals surface area contributed by atoms with E-state index in [1.807, 2.05) is 106 Å². The molecule has 210 valence electrons. The van der Waals surface area contributed by atoms with Crippen LogP contribution in [0.1, 0.15) is 55.0 Å². The number of carbonyl (C=O) groups is 2. The highest BCUT2D eigenvalue weighted by molar-refractivity contribution is 5.83. The molecule has 2 atom stereocenters. The summed E-state index contributed by atoms with van der Waals surface area (Å²) in [6.07, 6.45) is -1.52. The van der Waals surface area contributed by atoms with Gasteiger partial charge in [0.05, 0.1) is 5.60 Å². The number of ether oxygens (including phenoxy) is 3. The number of esters is 1. The topological polar surface area (TPSA) is 73.9 Å². The molecule has 41 heavy (non-hydrogen) atoms. The van der Waals surface area contributed by atoms with Crippen LogP contribution in [0.15, 0.2) is 109 Å². The second-order valence-corrected chi connectivity index (χ2v) is 11.1. The molecule has 1 N–H and O–H groups in total. The van der Waals surface area contributed by atoms with Crippen molar-refractivity contribution in [3.05, 3.63) is 131 Å². The first kappa shape index (κ1) is 28.1. The number of fused-ring (bicyclic) bond motifs is 3. The smallest absolute Gasteiger partial charge is 0.407 e. The quantitative estimate of drug-likeness (QED) is 0.224. The first-order chi connectivity index (χ1) is 19.8. The van der Waals surface area contributed by atoms with Gasteiger partial charge in [-0.15, -0.1) is 0 Å². The minimum Gasteiger partial charge on any atom is -0.459 e. The van der Waals surface area contributed by atoms with Crippen LogP contribution in [0.5, 0.6) is 0 Å². The highest BCUT2D eigenvalue weighted by Crippen LogP contribution is 2.44. The number of nitrogens with one attached hydrogen (secondary N) is 1. The third-order valence-corrected chi connectivity index (χ3v) is 7.01. The summed E-state index contributed by atoms with van der Waals surface area (Å²) >= 11 is 0. The van der Waals surface area contributed by atoms with Crippen LogP contribution in [-0.2, 0) is 25.6 Å². The second-order valence-electron chi connectivity index (χ2n) is 11.1. The number of alkyl carbamates (subject to hydrolysis) is 1. The fourth-order valence-electron chi connectivity index (χ4n) is 5.20.